The minimum Gasteiger partial charge on any atom is -0.509 e. The predicted molar refractivity (Wildman–Crippen MR) is 111 cm³/mol. The summed E-state index contributed by atoms with van der Waals surface area (Å²) >= 11 is 0. The summed E-state index contributed by atoms with van der Waals surface area (Å²) in [6.45, 7) is 4.79. The summed E-state index contributed by atoms with van der Waals surface area (Å²) in [5.74, 6) is 6.26. The highest BCUT2D eigenvalue weighted by atomic mass is 16.5. The maximum absolute atomic E-state index is 12.9. The monoisotopic (exact) mass is 399 g/mol. The molecule has 1 saturated carbocycles. The van der Waals surface area contributed by atoms with Crippen molar-refractivity contribution in [2.75, 3.05) is 27.4 Å². The molecule has 6 nitrogen and oxygen atoms in total. The van der Waals surface area contributed by atoms with E-state index in [1.807, 2.05) is 13.0 Å². The Morgan fingerprint density at radius 3 is 2.59 bits per heavy atom. The molecule has 0 saturated heterocycles. The Morgan fingerprint density at radius 2 is 1.97 bits per heavy atom. The third kappa shape index (κ3) is 4.12. The van der Waals surface area contributed by atoms with E-state index in [0.717, 1.165) is 24.0 Å². The number of aliphatic hydroxyl groups excluding tert-OH is 1. The number of benzene rings is 1. The summed E-state index contributed by atoms with van der Waals surface area (Å²) < 4.78 is 16.4. The zero-order chi connectivity index (χ0) is 21.0. The highest BCUT2D eigenvalue weighted by Crippen LogP contribution is 2.44. The minimum atomic E-state index is -0.729. The van der Waals surface area contributed by atoms with Gasteiger partial charge in [0.25, 0.3) is 5.91 Å². The van der Waals surface area contributed by atoms with Gasteiger partial charge in [0.1, 0.15) is 11.5 Å². The molecule has 2 N–H and O–H groups in total. The smallest absolute Gasteiger partial charge is 0.256 e. The summed E-state index contributed by atoms with van der Waals surface area (Å²) in [4.78, 5) is 12.9. The Morgan fingerprint density at radius 1 is 1.24 bits per heavy atom. The molecule has 1 heterocycles. The van der Waals surface area contributed by atoms with E-state index in [9.17, 15) is 9.90 Å². The van der Waals surface area contributed by atoms with Gasteiger partial charge in [-0.15, -0.1) is 5.92 Å². The number of aryl methyl sites for hydroxylation is 1. The first kappa shape index (κ1) is 21.2. The van der Waals surface area contributed by atoms with E-state index in [4.69, 9.17) is 14.2 Å². The summed E-state index contributed by atoms with van der Waals surface area (Å²) in [5, 5.41) is 14.2. The molecule has 0 atom stereocenters. The zero-order valence-electron chi connectivity index (χ0n) is 17.6. The lowest BCUT2D eigenvalue weighted by Gasteiger charge is -2.37. The number of aliphatic hydroxyl groups is 1. The first-order valence-corrected chi connectivity index (χ1v) is 9.94. The molecule has 1 aliphatic heterocycles. The van der Waals surface area contributed by atoms with Crippen molar-refractivity contribution in [2.24, 2.45) is 0 Å². The average Bonchev–Trinajstić information content (AvgIpc) is 2.93. The second-order valence-corrected chi connectivity index (χ2v) is 7.57. The molecule has 6 heteroatoms. The van der Waals surface area contributed by atoms with Gasteiger partial charge in [-0.3, -0.25) is 4.79 Å². The van der Waals surface area contributed by atoms with Crippen molar-refractivity contribution in [3.8, 4) is 17.6 Å². The van der Waals surface area contributed by atoms with Crippen LogP contribution in [0.4, 0.5) is 0 Å². The van der Waals surface area contributed by atoms with Gasteiger partial charge in [-0.05, 0) is 57.2 Å². The Bertz CT molecular complexity index is 869. The summed E-state index contributed by atoms with van der Waals surface area (Å²) in [6, 6.07) is 3.71. The van der Waals surface area contributed by atoms with Crippen LogP contribution in [0.3, 0.4) is 0 Å². The number of hydrogen-bond donors (Lipinski definition) is 2. The molecule has 156 valence electrons. The highest BCUT2D eigenvalue weighted by molar-refractivity contribution is 6.24. The van der Waals surface area contributed by atoms with Gasteiger partial charge in [-0.25, -0.2) is 0 Å². The van der Waals surface area contributed by atoms with Gasteiger partial charge < -0.3 is 24.6 Å². The molecule has 1 fully saturated rings. The lowest BCUT2D eigenvalue weighted by Crippen LogP contribution is -2.48. The number of rotatable bonds is 6. The first-order chi connectivity index (χ1) is 14.0. The SMILES string of the molecule is CC#Cc1cc(C)c(C2=C(O)C3(CCC(OCCOC)CC3)NC2=O)c(OC)c1. The van der Waals surface area contributed by atoms with Crippen molar-refractivity contribution in [2.45, 2.75) is 51.2 Å². The van der Waals surface area contributed by atoms with Crippen LogP contribution in [0.1, 0.15) is 49.3 Å². The molecule has 0 bridgehead atoms. The van der Waals surface area contributed by atoms with Crippen LogP contribution in [0.25, 0.3) is 5.57 Å². The topological polar surface area (TPSA) is 77.0 Å². The number of carbonyl (C=O) groups is 1. The molecule has 1 amide bonds. The number of amides is 1. The molecule has 1 aliphatic carbocycles. The third-order valence-electron chi connectivity index (χ3n) is 5.74. The van der Waals surface area contributed by atoms with Crippen molar-refractivity contribution in [1.82, 2.24) is 5.32 Å². The molecule has 1 aromatic rings. The highest BCUT2D eigenvalue weighted by Gasteiger charge is 2.48. The van der Waals surface area contributed by atoms with Crippen LogP contribution >= 0.6 is 0 Å². The molecule has 1 aromatic carbocycles. The minimum absolute atomic E-state index is 0.105. The summed E-state index contributed by atoms with van der Waals surface area (Å²) in [5.41, 5.74) is 1.85. The van der Waals surface area contributed by atoms with E-state index in [0.29, 0.717) is 42.9 Å². The molecule has 29 heavy (non-hydrogen) atoms. The van der Waals surface area contributed by atoms with E-state index in [1.165, 1.54) is 0 Å². The average molecular weight is 399 g/mol. The van der Waals surface area contributed by atoms with Gasteiger partial charge in [-0.1, -0.05) is 5.92 Å². The van der Waals surface area contributed by atoms with Crippen LogP contribution in [-0.4, -0.2) is 50.1 Å². The van der Waals surface area contributed by atoms with Gasteiger partial charge in [0.15, 0.2) is 0 Å². The standard InChI is InChI=1S/C23H29NO5/c1-5-6-16-13-15(2)19(18(14-16)28-4)20-21(25)23(24-22(20)26)9-7-17(8-10-23)29-12-11-27-3/h13-14,17,25H,7-12H2,1-4H3,(H,24,26). The molecule has 1 spiro atoms. The molecule has 0 unspecified atom stereocenters. The van der Waals surface area contributed by atoms with Crippen LogP contribution in [0.15, 0.2) is 17.9 Å². The van der Waals surface area contributed by atoms with Gasteiger partial charge in [0.05, 0.1) is 37.5 Å². The van der Waals surface area contributed by atoms with Crippen LogP contribution in [0.5, 0.6) is 5.75 Å². The summed E-state index contributed by atoms with van der Waals surface area (Å²) in [6.07, 6.45) is 2.91. The largest absolute Gasteiger partial charge is 0.509 e. The number of carbonyl (C=O) groups excluding carboxylic acids is 1. The lowest BCUT2D eigenvalue weighted by molar-refractivity contribution is -0.116. The fraction of sp³-hybridized carbons (Fsp3) is 0.522. The molecule has 0 radical (unpaired) electrons. The van der Waals surface area contributed by atoms with Crippen molar-refractivity contribution in [3.63, 3.8) is 0 Å². The third-order valence-corrected chi connectivity index (χ3v) is 5.74. The first-order valence-electron chi connectivity index (χ1n) is 9.94. The Labute approximate surface area is 172 Å². The van der Waals surface area contributed by atoms with Crippen LogP contribution in [0, 0.1) is 18.8 Å². The van der Waals surface area contributed by atoms with E-state index >= 15 is 0 Å². The Balaban J connectivity index is 1.90. The predicted octanol–water partition coefficient (Wildman–Crippen LogP) is 3.12. The van der Waals surface area contributed by atoms with E-state index in [1.54, 1.807) is 27.2 Å². The van der Waals surface area contributed by atoms with E-state index in [-0.39, 0.29) is 17.8 Å². The van der Waals surface area contributed by atoms with E-state index in [2.05, 4.69) is 17.2 Å². The molecular weight excluding hydrogens is 370 g/mol. The van der Waals surface area contributed by atoms with Gasteiger partial charge in [0.2, 0.25) is 0 Å². The number of ether oxygens (including phenoxy) is 3. The van der Waals surface area contributed by atoms with Gasteiger partial charge >= 0.3 is 0 Å². The van der Waals surface area contributed by atoms with Crippen LogP contribution < -0.4 is 10.1 Å². The number of nitrogens with one attached hydrogen (secondary N) is 1. The van der Waals surface area contributed by atoms with Crippen LogP contribution in [-0.2, 0) is 14.3 Å². The van der Waals surface area contributed by atoms with Crippen molar-refractivity contribution in [1.29, 1.82) is 0 Å². The number of hydrogen-bond acceptors (Lipinski definition) is 5. The Hall–Kier alpha value is -2.49. The molecule has 0 aromatic heterocycles. The second-order valence-electron chi connectivity index (χ2n) is 7.57. The van der Waals surface area contributed by atoms with Gasteiger partial charge in [-0.2, -0.15) is 0 Å². The number of methoxy groups -OCH3 is 2. The van der Waals surface area contributed by atoms with E-state index < -0.39 is 5.54 Å². The van der Waals surface area contributed by atoms with Gasteiger partial charge in [0, 0.05) is 18.2 Å². The second kappa shape index (κ2) is 8.89. The molecule has 2 aliphatic rings. The summed E-state index contributed by atoms with van der Waals surface area (Å²) in [7, 11) is 3.21. The maximum Gasteiger partial charge on any atom is 0.256 e. The van der Waals surface area contributed by atoms with Crippen molar-refractivity contribution >= 4 is 11.5 Å². The Kier molecular flexibility index (Phi) is 6.51. The maximum atomic E-state index is 12.9. The quantitative estimate of drug-likeness (QED) is 0.568. The van der Waals surface area contributed by atoms with Crippen molar-refractivity contribution < 1.29 is 24.1 Å². The zero-order valence-corrected chi connectivity index (χ0v) is 17.6. The van der Waals surface area contributed by atoms with Crippen molar-refractivity contribution in [3.05, 3.63) is 34.6 Å². The fourth-order valence-corrected chi connectivity index (χ4v) is 4.28. The molecular formula is C23H29NO5. The molecule has 3 rings (SSSR count). The fourth-order valence-electron chi connectivity index (χ4n) is 4.28. The van der Waals surface area contributed by atoms with Crippen LogP contribution in [0.2, 0.25) is 0 Å². The normalized spacial score (nSPS) is 23.7. The lowest BCUT2D eigenvalue weighted by atomic mass is 9.79.